The highest BCUT2D eigenvalue weighted by Gasteiger charge is 2.35. The van der Waals surface area contributed by atoms with E-state index in [1.54, 1.807) is 19.0 Å². The number of nitrogens with one attached hydrogen (secondary N) is 1. The van der Waals surface area contributed by atoms with Crippen molar-refractivity contribution in [1.29, 1.82) is 0 Å². The van der Waals surface area contributed by atoms with E-state index in [0.29, 0.717) is 6.54 Å². The van der Waals surface area contributed by atoms with Gasteiger partial charge in [0, 0.05) is 18.2 Å². The number of benzene rings is 1. The van der Waals surface area contributed by atoms with E-state index in [1.807, 2.05) is 0 Å². The molecule has 1 aromatic heterocycles. The zero-order valence-corrected chi connectivity index (χ0v) is 18.2. The van der Waals surface area contributed by atoms with Crippen molar-refractivity contribution in [3.8, 4) is 5.75 Å². The molecular formula is C16H17Cl2F3N2O3S2. The predicted molar refractivity (Wildman–Crippen MR) is 105 cm³/mol. The Hall–Kier alpha value is -1.20. The molecule has 0 atom stereocenters. The molecule has 12 heteroatoms. The van der Waals surface area contributed by atoms with Crippen LogP contribution in [0.4, 0.5) is 18.9 Å². The van der Waals surface area contributed by atoms with Crippen LogP contribution in [0.3, 0.4) is 0 Å². The van der Waals surface area contributed by atoms with Gasteiger partial charge in [-0.15, -0.1) is 11.3 Å². The fourth-order valence-corrected chi connectivity index (χ4v) is 5.84. The van der Waals surface area contributed by atoms with Crippen LogP contribution in [0.15, 0.2) is 23.1 Å². The topological polar surface area (TPSA) is 58.6 Å². The van der Waals surface area contributed by atoms with Crippen LogP contribution in [-0.2, 0) is 16.2 Å². The van der Waals surface area contributed by atoms with Gasteiger partial charge in [-0.1, -0.05) is 23.2 Å². The zero-order valence-electron chi connectivity index (χ0n) is 15.0. The Morgan fingerprint density at radius 2 is 1.86 bits per heavy atom. The van der Waals surface area contributed by atoms with E-state index in [1.165, 1.54) is 6.92 Å². The molecule has 0 fully saturated rings. The number of anilines is 1. The Labute approximate surface area is 175 Å². The van der Waals surface area contributed by atoms with Crippen LogP contribution in [0, 0.1) is 6.92 Å². The molecule has 0 bridgehead atoms. The largest absolute Gasteiger partial charge is 0.492 e. The standard InChI is InChI=1S/C16H17Cl2F3N2O3S2/c1-9-13(15(18)27-14(9)17)28(24,25)22-10-4-5-11(16(19,20)21)12(8-10)26-7-6-23(2)3/h4-5,8,22H,6-7H2,1-3H3. The molecule has 1 N–H and O–H groups in total. The summed E-state index contributed by atoms with van der Waals surface area (Å²) in [5, 5.41) is 0. The monoisotopic (exact) mass is 476 g/mol. The first-order valence-electron chi connectivity index (χ1n) is 7.79. The Morgan fingerprint density at radius 3 is 2.36 bits per heavy atom. The third-order valence-corrected chi connectivity index (χ3v) is 7.19. The number of likely N-dealkylation sites (N-methyl/N-ethyl adjacent to an activating group) is 1. The van der Waals surface area contributed by atoms with E-state index in [0.717, 1.165) is 29.5 Å². The number of rotatable bonds is 7. The molecule has 0 radical (unpaired) electrons. The van der Waals surface area contributed by atoms with Gasteiger partial charge in [-0.3, -0.25) is 4.72 Å². The van der Waals surface area contributed by atoms with Gasteiger partial charge < -0.3 is 9.64 Å². The molecule has 0 saturated heterocycles. The molecule has 0 unspecified atom stereocenters. The van der Waals surface area contributed by atoms with Gasteiger partial charge in [-0.2, -0.15) is 13.2 Å². The molecule has 1 heterocycles. The first kappa shape index (κ1) is 23.1. The Bertz CT molecular complexity index is 961. The highest BCUT2D eigenvalue weighted by atomic mass is 35.5. The predicted octanol–water partition coefficient (Wildman–Crippen LogP) is 5.12. The van der Waals surface area contributed by atoms with Crippen molar-refractivity contribution < 1.29 is 26.3 Å². The molecule has 2 rings (SSSR count). The summed E-state index contributed by atoms with van der Waals surface area (Å²) in [4.78, 5) is 1.53. The lowest BCUT2D eigenvalue weighted by Gasteiger charge is -2.17. The maximum Gasteiger partial charge on any atom is 0.419 e. The number of hydrogen-bond acceptors (Lipinski definition) is 5. The van der Waals surface area contributed by atoms with Gasteiger partial charge in [0.05, 0.1) is 15.6 Å². The van der Waals surface area contributed by atoms with Crippen molar-refractivity contribution in [1.82, 2.24) is 4.90 Å². The summed E-state index contributed by atoms with van der Waals surface area (Å²) < 4.78 is 72.6. The summed E-state index contributed by atoms with van der Waals surface area (Å²) in [5.74, 6) is -0.472. The van der Waals surface area contributed by atoms with Crippen molar-refractivity contribution in [3.05, 3.63) is 38.0 Å². The van der Waals surface area contributed by atoms with Gasteiger partial charge in [0.2, 0.25) is 0 Å². The number of ether oxygens (including phenoxy) is 1. The van der Waals surface area contributed by atoms with E-state index < -0.39 is 27.5 Å². The normalized spacial score (nSPS) is 12.5. The summed E-state index contributed by atoms with van der Waals surface area (Å²) in [7, 11) is -0.661. The fraction of sp³-hybridized carbons (Fsp3) is 0.375. The molecule has 1 aromatic carbocycles. The minimum absolute atomic E-state index is 0.00262. The molecule has 0 saturated carbocycles. The number of halogens is 5. The molecule has 0 aliphatic heterocycles. The van der Waals surface area contributed by atoms with Crippen LogP contribution in [0.5, 0.6) is 5.75 Å². The maximum absolute atomic E-state index is 13.2. The Balaban J connectivity index is 2.38. The van der Waals surface area contributed by atoms with Gasteiger partial charge in [0.15, 0.2) is 0 Å². The van der Waals surface area contributed by atoms with E-state index in [9.17, 15) is 21.6 Å². The summed E-state index contributed by atoms with van der Waals surface area (Å²) >= 11 is 12.8. The second-order valence-electron chi connectivity index (χ2n) is 6.07. The second kappa shape index (κ2) is 8.66. The number of sulfonamides is 1. The molecular weight excluding hydrogens is 460 g/mol. The minimum Gasteiger partial charge on any atom is -0.492 e. The van der Waals surface area contributed by atoms with Crippen LogP contribution >= 0.6 is 34.5 Å². The molecule has 0 spiro atoms. The molecule has 28 heavy (non-hydrogen) atoms. The fourth-order valence-electron chi connectivity index (χ4n) is 2.23. The van der Waals surface area contributed by atoms with E-state index in [4.69, 9.17) is 27.9 Å². The van der Waals surface area contributed by atoms with Crippen LogP contribution < -0.4 is 9.46 Å². The zero-order chi connectivity index (χ0) is 21.3. The molecule has 156 valence electrons. The summed E-state index contributed by atoms with van der Waals surface area (Å²) in [6, 6.07) is 2.77. The quantitative estimate of drug-likeness (QED) is 0.602. The van der Waals surface area contributed by atoms with Crippen molar-refractivity contribution in [3.63, 3.8) is 0 Å². The first-order chi connectivity index (χ1) is 12.8. The summed E-state index contributed by atoms with van der Waals surface area (Å²) in [6.07, 6.45) is -4.65. The average Bonchev–Trinajstić information content (AvgIpc) is 2.78. The number of nitrogens with zero attached hydrogens (tertiary/aromatic N) is 1. The molecule has 2 aromatic rings. The van der Waals surface area contributed by atoms with Gasteiger partial charge in [0.1, 0.15) is 21.6 Å². The molecule has 0 aliphatic rings. The van der Waals surface area contributed by atoms with Crippen molar-refractivity contribution in [2.24, 2.45) is 0 Å². The molecule has 0 aliphatic carbocycles. The highest BCUT2D eigenvalue weighted by Crippen LogP contribution is 2.41. The third-order valence-electron chi connectivity index (χ3n) is 3.60. The average molecular weight is 477 g/mol. The Morgan fingerprint density at radius 1 is 1.21 bits per heavy atom. The minimum atomic E-state index is -4.65. The second-order valence-corrected chi connectivity index (χ2v) is 9.91. The lowest BCUT2D eigenvalue weighted by molar-refractivity contribution is -0.138. The van der Waals surface area contributed by atoms with Crippen molar-refractivity contribution in [2.75, 3.05) is 32.0 Å². The lowest BCUT2D eigenvalue weighted by atomic mass is 10.2. The SMILES string of the molecule is Cc1c(Cl)sc(Cl)c1S(=O)(=O)Nc1ccc(C(F)(F)F)c(OCCN(C)C)c1. The van der Waals surface area contributed by atoms with Gasteiger partial charge >= 0.3 is 6.18 Å². The van der Waals surface area contributed by atoms with E-state index in [-0.39, 0.29) is 31.4 Å². The lowest BCUT2D eigenvalue weighted by Crippen LogP contribution is -2.20. The van der Waals surface area contributed by atoms with Gasteiger partial charge in [0.25, 0.3) is 10.0 Å². The number of alkyl halides is 3. The highest BCUT2D eigenvalue weighted by molar-refractivity contribution is 7.93. The summed E-state index contributed by atoms with van der Waals surface area (Å²) in [6.45, 7) is 1.87. The first-order valence-corrected chi connectivity index (χ1v) is 10.8. The number of hydrogen-bond donors (Lipinski definition) is 1. The van der Waals surface area contributed by atoms with Crippen LogP contribution in [-0.4, -0.2) is 40.6 Å². The smallest absolute Gasteiger partial charge is 0.419 e. The third kappa shape index (κ3) is 5.44. The van der Waals surface area contributed by atoms with Gasteiger partial charge in [-0.05, 0) is 33.2 Å². The van der Waals surface area contributed by atoms with Crippen molar-refractivity contribution >= 4 is 50.2 Å². The van der Waals surface area contributed by atoms with Crippen LogP contribution in [0.2, 0.25) is 8.67 Å². The van der Waals surface area contributed by atoms with Crippen molar-refractivity contribution in [2.45, 2.75) is 18.0 Å². The molecule has 0 amide bonds. The Kier molecular flexibility index (Phi) is 7.14. The molecule has 5 nitrogen and oxygen atoms in total. The van der Waals surface area contributed by atoms with Gasteiger partial charge in [-0.25, -0.2) is 8.42 Å². The maximum atomic E-state index is 13.2. The number of thiophene rings is 1. The summed E-state index contributed by atoms with van der Waals surface area (Å²) in [5.41, 5.74) is -0.828. The van der Waals surface area contributed by atoms with Crippen LogP contribution in [0.25, 0.3) is 0 Å². The van der Waals surface area contributed by atoms with E-state index >= 15 is 0 Å². The van der Waals surface area contributed by atoms with E-state index in [2.05, 4.69) is 4.72 Å². The van der Waals surface area contributed by atoms with Crippen LogP contribution in [0.1, 0.15) is 11.1 Å².